The fourth-order valence-corrected chi connectivity index (χ4v) is 2.14. The van der Waals surface area contributed by atoms with Crippen molar-refractivity contribution >= 4 is 0 Å². The molecule has 0 spiro atoms. The minimum atomic E-state index is -0.298. The molecule has 1 aliphatic rings. The summed E-state index contributed by atoms with van der Waals surface area (Å²) in [6, 6.07) is 6.50. The van der Waals surface area contributed by atoms with Gasteiger partial charge in [0.2, 0.25) is 0 Å². The van der Waals surface area contributed by atoms with Gasteiger partial charge in [0.1, 0.15) is 11.6 Å². The van der Waals surface area contributed by atoms with Crippen LogP contribution in [0.1, 0.15) is 30.9 Å². The van der Waals surface area contributed by atoms with Gasteiger partial charge < -0.3 is 9.47 Å². The first kappa shape index (κ1) is 11.9. The SMILES string of the molecule is COc1ccc(F)cc1[C@@H]1CCC(CC#N)O1. The van der Waals surface area contributed by atoms with Crippen LogP contribution in [0.5, 0.6) is 5.75 Å². The first-order valence-electron chi connectivity index (χ1n) is 5.60. The molecule has 0 bridgehead atoms. The van der Waals surface area contributed by atoms with Crippen LogP contribution in [0.4, 0.5) is 4.39 Å². The lowest BCUT2D eigenvalue weighted by molar-refractivity contribution is 0.0460. The smallest absolute Gasteiger partial charge is 0.124 e. The largest absolute Gasteiger partial charge is 0.496 e. The normalized spacial score (nSPS) is 23.4. The lowest BCUT2D eigenvalue weighted by Crippen LogP contribution is -2.06. The molecule has 17 heavy (non-hydrogen) atoms. The van der Waals surface area contributed by atoms with Crippen LogP contribution in [-0.2, 0) is 4.74 Å². The van der Waals surface area contributed by atoms with Crippen molar-refractivity contribution in [2.45, 2.75) is 31.5 Å². The van der Waals surface area contributed by atoms with E-state index in [-0.39, 0.29) is 18.0 Å². The van der Waals surface area contributed by atoms with E-state index in [1.54, 1.807) is 13.2 Å². The lowest BCUT2D eigenvalue weighted by Gasteiger charge is -2.15. The van der Waals surface area contributed by atoms with Crippen LogP contribution in [0, 0.1) is 17.1 Å². The molecule has 1 fully saturated rings. The van der Waals surface area contributed by atoms with E-state index in [0.717, 1.165) is 18.4 Å². The highest BCUT2D eigenvalue weighted by atomic mass is 19.1. The summed E-state index contributed by atoms with van der Waals surface area (Å²) in [5.41, 5.74) is 0.730. The highest BCUT2D eigenvalue weighted by molar-refractivity contribution is 5.36. The molecule has 1 aromatic rings. The summed E-state index contributed by atoms with van der Waals surface area (Å²) in [4.78, 5) is 0. The topological polar surface area (TPSA) is 42.2 Å². The van der Waals surface area contributed by atoms with Crippen LogP contribution in [0.15, 0.2) is 18.2 Å². The summed E-state index contributed by atoms with van der Waals surface area (Å²) in [6.45, 7) is 0. The zero-order valence-corrected chi connectivity index (χ0v) is 9.65. The number of ether oxygens (including phenoxy) is 2. The molecule has 2 atom stereocenters. The highest BCUT2D eigenvalue weighted by Gasteiger charge is 2.28. The summed E-state index contributed by atoms with van der Waals surface area (Å²) in [7, 11) is 1.55. The van der Waals surface area contributed by atoms with E-state index >= 15 is 0 Å². The number of methoxy groups -OCH3 is 1. The highest BCUT2D eigenvalue weighted by Crippen LogP contribution is 2.38. The molecule has 1 heterocycles. The average Bonchev–Trinajstić information content (AvgIpc) is 2.78. The quantitative estimate of drug-likeness (QED) is 0.808. The van der Waals surface area contributed by atoms with Gasteiger partial charge in [-0.05, 0) is 31.0 Å². The second kappa shape index (κ2) is 5.15. The van der Waals surface area contributed by atoms with Crippen molar-refractivity contribution in [3.05, 3.63) is 29.6 Å². The van der Waals surface area contributed by atoms with Crippen molar-refractivity contribution in [2.24, 2.45) is 0 Å². The van der Waals surface area contributed by atoms with Crippen LogP contribution >= 0.6 is 0 Å². The molecule has 0 aromatic heterocycles. The van der Waals surface area contributed by atoms with Gasteiger partial charge in [0.25, 0.3) is 0 Å². The maximum Gasteiger partial charge on any atom is 0.124 e. The Balaban J connectivity index is 2.18. The Bertz CT molecular complexity index is 442. The lowest BCUT2D eigenvalue weighted by atomic mass is 10.0. The first-order chi connectivity index (χ1) is 8.24. The Morgan fingerprint density at radius 3 is 3.06 bits per heavy atom. The summed E-state index contributed by atoms with van der Waals surface area (Å²) in [6.07, 6.45) is 1.80. The maximum absolute atomic E-state index is 13.2. The molecule has 1 saturated heterocycles. The monoisotopic (exact) mass is 235 g/mol. The second-order valence-corrected chi connectivity index (χ2v) is 4.07. The number of nitriles is 1. The van der Waals surface area contributed by atoms with E-state index in [2.05, 4.69) is 6.07 Å². The second-order valence-electron chi connectivity index (χ2n) is 4.07. The van der Waals surface area contributed by atoms with Crippen LogP contribution in [0.2, 0.25) is 0 Å². The van der Waals surface area contributed by atoms with Crippen molar-refractivity contribution < 1.29 is 13.9 Å². The Labute approximate surface area is 99.8 Å². The molecule has 0 aliphatic carbocycles. The Kier molecular flexibility index (Phi) is 3.60. The molecular weight excluding hydrogens is 221 g/mol. The number of benzene rings is 1. The third-order valence-corrected chi connectivity index (χ3v) is 2.97. The maximum atomic E-state index is 13.2. The molecule has 4 heteroatoms. The predicted octanol–water partition coefficient (Wildman–Crippen LogP) is 2.97. The van der Waals surface area contributed by atoms with Gasteiger partial charge in [-0.25, -0.2) is 4.39 Å². The molecule has 90 valence electrons. The molecule has 0 N–H and O–H groups in total. The van der Waals surface area contributed by atoms with Gasteiger partial charge >= 0.3 is 0 Å². The zero-order chi connectivity index (χ0) is 12.3. The molecule has 1 unspecified atom stereocenters. The first-order valence-corrected chi connectivity index (χ1v) is 5.60. The van der Waals surface area contributed by atoms with Gasteiger partial charge in [0.05, 0.1) is 31.8 Å². The molecule has 1 aromatic carbocycles. The van der Waals surface area contributed by atoms with Gasteiger partial charge in [-0.2, -0.15) is 5.26 Å². The fourth-order valence-electron chi connectivity index (χ4n) is 2.14. The molecule has 0 radical (unpaired) electrons. The summed E-state index contributed by atoms with van der Waals surface area (Å²) < 4.78 is 24.1. The molecule has 0 amide bonds. The van der Waals surface area contributed by atoms with Gasteiger partial charge in [0, 0.05) is 5.56 Å². The van der Waals surface area contributed by atoms with Crippen LogP contribution in [-0.4, -0.2) is 13.2 Å². The van der Waals surface area contributed by atoms with E-state index in [1.165, 1.54) is 12.1 Å². The fraction of sp³-hybridized carbons (Fsp3) is 0.462. The number of hydrogen-bond acceptors (Lipinski definition) is 3. The third kappa shape index (κ3) is 2.56. The van der Waals surface area contributed by atoms with Gasteiger partial charge in [-0.1, -0.05) is 0 Å². The molecule has 0 saturated carbocycles. The number of rotatable bonds is 3. The Morgan fingerprint density at radius 1 is 1.53 bits per heavy atom. The van der Waals surface area contributed by atoms with Crippen LogP contribution in [0.25, 0.3) is 0 Å². The standard InChI is InChI=1S/C13H14FNO2/c1-16-12-4-2-9(14)8-11(12)13-5-3-10(17-13)6-7-15/h2,4,8,10,13H,3,5-6H2,1H3/t10?,13-/m0/s1. The molecule has 1 aliphatic heterocycles. The van der Waals surface area contributed by atoms with Crippen molar-refractivity contribution in [3.8, 4) is 11.8 Å². The van der Waals surface area contributed by atoms with Crippen LogP contribution in [0.3, 0.4) is 0 Å². The summed E-state index contributed by atoms with van der Waals surface area (Å²) in [5.74, 6) is 0.335. The van der Waals surface area contributed by atoms with Crippen molar-refractivity contribution in [3.63, 3.8) is 0 Å². The average molecular weight is 235 g/mol. The van der Waals surface area contributed by atoms with E-state index < -0.39 is 0 Å². The van der Waals surface area contributed by atoms with E-state index in [0.29, 0.717) is 12.2 Å². The predicted molar refractivity (Wildman–Crippen MR) is 60.0 cm³/mol. The Hall–Kier alpha value is -1.60. The molecule has 2 rings (SSSR count). The number of nitrogens with zero attached hydrogens (tertiary/aromatic N) is 1. The van der Waals surface area contributed by atoms with E-state index in [4.69, 9.17) is 14.7 Å². The van der Waals surface area contributed by atoms with E-state index in [9.17, 15) is 4.39 Å². The molecular formula is C13H14FNO2. The number of hydrogen-bond donors (Lipinski definition) is 0. The Morgan fingerprint density at radius 2 is 2.35 bits per heavy atom. The number of halogens is 1. The van der Waals surface area contributed by atoms with Gasteiger partial charge in [-0.15, -0.1) is 0 Å². The zero-order valence-electron chi connectivity index (χ0n) is 9.65. The van der Waals surface area contributed by atoms with Gasteiger partial charge in [0.15, 0.2) is 0 Å². The third-order valence-electron chi connectivity index (χ3n) is 2.97. The van der Waals surface area contributed by atoms with Crippen molar-refractivity contribution in [2.75, 3.05) is 7.11 Å². The van der Waals surface area contributed by atoms with Crippen LogP contribution < -0.4 is 4.74 Å². The van der Waals surface area contributed by atoms with E-state index in [1.807, 2.05) is 0 Å². The van der Waals surface area contributed by atoms with Crippen molar-refractivity contribution in [1.82, 2.24) is 0 Å². The summed E-state index contributed by atoms with van der Waals surface area (Å²) in [5, 5.41) is 8.61. The summed E-state index contributed by atoms with van der Waals surface area (Å²) >= 11 is 0. The van der Waals surface area contributed by atoms with Crippen molar-refractivity contribution in [1.29, 1.82) is 5.26 Å². The minimum absolute atomic E-state index is 0.0435. The molecule has 3 nitrogen and oxygen atoms in total. The van der Waals surface area contributed by atoms with Gasteiger partial charge in [-0.3, -0.25) is 0 Å². The minimum Gasteiger partial charge on any atom is -0.496 e.